The highest BCUT2D eigenvalue weighted by Crippen LogP contribution is 1.83. The fourth-order valence-corrected chi connectivity index (χ4v) is 0.129. The third-order valence-electron chi connectivity index (χ3n) is 0.782. The van der Waals surface area contributed by atoms with Gasteiger partial charge in [-0.3, -0.25) is 0 Å². The van der Waals surface area contributed by atoms with Gasteiger partial charge in [0.15, 0.2) is 0 Å². The molecule has 64 valence electrons. The van der Waals surface area contributed by atoms with E-state index in [1.807, 2.05) is 6.92 Å². The van der Waals surface area contributed by atoms with Crippen LogP contribution in [-0.4, -0.2) is 46.4 Å². The quantitative estimate of drug-likeness (QED) is 0.406. The lowest BCUT2D eigenvalue weighted by atomic mass is 10.3. The van der Waals surface area contributed by atoms with E-state index in [9.17, 15) is 0 Å². The van der Waals surface area contributed by atoms with Crippen molar-refractivity contribution in [1.82, 2.24) is 0 Å². The molecule has 0 fully saturated rings. The summed E-state index contributed by atoms with van der Waals surface area (Å²) in [6, 6.07) is 0. The Morgan fingerprint density at radius 2 is 1.50 bits per heavy atom. The topological polar surface area (TPSA) is 80.9 Å². The minimum absolute atomic E-state index is 0.115. The smallest absolute Gasteiger partial charge is 0.0768 e. The largest absolute Gasteiger partial charge is 0.394 e. The first kappa shape index (κ1) is 12.5. The molecule has 0 aromatic carbocycles. The van der Waals surface area contributed by atoms with Crippen molar-refractivity contribution in [3.05, 3.63) is 0 Å². The molecule has 0 aromatic rings. The molecule has 0 bridgehead atoms. The van der Waals surface area contributed by atoms with Gasteiger partial charge < -0.3 is 20.4 Å². The highest BCUT2D eigenvalue weighted by molar-refractivity contribution is 4.43. The van der Waals surface area contributed by atoms with Gasteiger partial charge in [-0.25, -0.2) is 0 Å². The lowest BCUT2D eigenvalue weighted by Crippen LogP contribution is -2.08. The molecule has 0 amide bonds. The van der Waals surface area contributed by atoms with Crippen molar-refractivity contribution in [2.24, 2.45) is 0 Å². The standard InChI is InChI=1S/C4H10O2.C2H6O2/c1-2-4(6)3-5;3-1-2-4/h4-6H,2-3H2,1H3;3-4H,1-2H2. The lowest BCUT2D eigenvalue weighted by molar-refractivity contribution is 0.0923. The number of rotatable bonds is 3. The first-order valence-electron chi connectivity index (χ1n) is 3.23. The van der Waals surface area contributed by atoms with Crippen LogP contribution in [0.3, 0.4) is 0 Å². The van der Waals surface area contributed by atoms with Gasteiger partial charge in [-0.2, -0.15) is 0 Å². The second kappa shape index (κ2) is 11.6. The van der Waals surface area contributed by atoms with Gasteiger partial charge in [0.2, 0.25) is 0 Å². The summed E-state index contributed by atoms with van der Waals surface area (Å²) in [6.07, 6.45) is 0.126. The minimum Gasteiger partial charge on any atom is -0.394 e. The van der Waals surface area contributed by atoms with E-state index in [1.165, 1.54) is 0 Å². The number of hydrogen-bond acceptors (Lipinski definition) is 4. The Balaban J connectivity index is 0. The number of aliphatic hydroxyl groups is 4. The molecule has 0 rings (SSSR count). The van der Waals surface area contributed by atoms with Crippen molar-refractivity contribution in [2.45, 2.75) is 19.4 Å². The number of aliphatic hydroxyl groups excluding tert-OH is 4. The summed E-state index contributed by atoms with van der Waals surface area (Å²) >= 11 is 0. The zero-order valence-electron chi connectivity index (χ0n) is 6.19. The van der Waals surface area contributed by atoms with Crippen LogP contribution in [0, 0.1) is 0 Å². The predicted molar refractivity (Wildman–Crippen MR) is 37.6 cm³/mol. The molecular formula is C6H16O4. The molecule has 0 saturated heterocycles. The third kappa shape index (κ3) is 15.7. The Labute approximate surface area is 60.7 Å². The third-order valence-corrected chi connectivity index (χ3v) is 0.782. The lowest BCUT2D eigenvalue weighted by Gasteiger charge is -1.97. The Morgan fingerprint density at radius 1 is 1.10 bits per heavy atom. The van der Waals surface area contributed by atoms with E-state index in [2.05, 4.69) is 0 Å². The van der Waals surface area contributed by atoms with E-state index in [4.69, 9.17) is 20.4 Å². The van der Waals surface area contributed by atoms with Crippen LogP contribution in [0.25, 0.3) is 0 Å². The Kier molecular flexibility index (Phi) is 14.5. The summed E-state index contributed by atoms with van der Waals surface area (Å²) in [5, 5.41) is 31.8. The molecular weight excluding hydrogens is 136 g/mol. The molecule has 1 atom stereocenters. The molecule has 4 heteroatoms. The molecule has 0 aromatic heterocycles. The fraction of sp³-hybridized carbons (Fsp3) is 1.00. The van der Waals surface area contributed by atoms with Gasteiger partial charge in [0, 0.05) is 0 Å². The van der Waals surface area contributed by atoms with Crippen molar-refractivity contribution >= 4 is 0 Å². The van der Waals surface area contributed by atoms with Gasteiger partial charge in [0.25, 0.3) is 0 Å². The minimum atomic E-state index is -0.509. The van der Waals surface area contributed by atoms with Gasteiger partial charge in [0.1, 0.15) is 0 Å². The Bertz CT molecular complexity index is 43.0. The van der Waals surface area contributed by atoms with E-state index in [0.717, 1.165) is 0 Å². The number of hydrogen-bond donors (Lipinski definition) is 4. The highest BCUT2D eigenvalue weighted by Gasteiger charge is 1.92. The normalized spacial score (nSPS) is 11.7. The second-order valence-electron chi connectivity index (χ2n) is 1.69. The molecule has 0 aliphatic carbocycles. The van der Waals surface area contributed by atoms with Gasteiger partial charge in [-0.05, 0) is 6.42 Å². The van der Waals surface area contributed by atoms with Crippen molar-refractivity contribution in [1.29, 1.82) is 0 Å². The fourth-order valence-electron chi connectivity index (χ4n) is 0.129. The van der Waals surface area contributed by atoms with E-state index in [0.29, 0.717) is 6.42 Å². The van der Waals surface area contributed by atoms with E-state index < -0.39 is 6.10 Å². The monoisotopic (exact) mass is 152 g/mol. The highest BCUT2D eigenvalue weighted by atomic mass is 16.3. The van der Waals surface area contributed by atoms with Crippen LogP contribution >= 0.6 is 0 Å². The van der Waals surface area contributed by atoms with Crippen LogP contribution < -0.4 is 0 Å². The zero-order chi connectivity index (χ0) is 8.41. The average Bonchev–Trinajstić information content (AvgIpc) is 2.03. The van der Waals surface area contributed by atoms with Crippen LogP contribution in [0.4, 0.5) is 0 Å². The van der Waals surface area contributed by atoms with Crippen LogP contribution in [0.5, 0.6) is 0 Å². The van der Waals surface area contributed by atoms with Gasteiger partial charge >= 0.3 is 0 Å². The van der Waals surface area contributed by atoms with Crippen molar-refractivity contribution in [3.63, 3.8) is 0 Å². The SMILES string of the molecule is CCC(O)CO.OCCO. The maximum atomic E-state index is 8.42. The van der Waals surface area contributed by atoms with Crippen molar-refractivity contribution in [2.75, 3.05) is 19.8 Å². The zero-order valence-corrected chi connectivity index (χ0v) is 6.19. The second-order valence-corrected chi connectivity index (χ2v) is 1.69. The van der Waals surface area contributed by atoms with Crippen molar-refractivity contribution < 1.29 is 20.4 Å². The summed E-state index contributed by atoms with van der Waals surface area (Å²) in [4.78, 5) is 0. The molecule has 4 N–H and O–H groups in total. The molecule has 0 heterocycles. The summed E-state index contributed by atoms with van der Waals surface area (Å²) in [5.41, 5.74) is 0. The van der Waals surface area contributed by atoms with E-state index in [-0.39, 0.29) is 19.8 Å². The van der Waals surface area contributed by atoms with Crippen LogP contribution in [0.2, 0.25) is 0 Å². The summed E-state index contributed by atoms with van der Waals surface area (Å²) in [5.74, 6) is 0. The molecule has 10 heavy (non-hydrogen) atoms. The molecule has 1 unspecified atom stereocenters. The van der Waals surface area contributed by atoms with Crippen LogP contribution in [-0.2, 0) is 0 Å². The maximum absolute atomic E-state index is 8.42. The Morgan fingerprint density at radius 3 is 1.50 bits per heavy atom. The van der Waals surface area contributed by atoms with E-state index in [1.54, 1.807) is 0 Å². The predicted octanol–water partition coefficient (Wildman–Crippen LogP) is -1.28. The Hall–Kier alpha value is -0.160. The summed E-state index contributed by atoms with van der Waals surface area (Å²) in [6.45, 7) is 1.46. The summed E-state index contributed by atoms with van der Waals surface area (Å²) < 4.78 is 0. The first-order chi connectivity index (χ1) is 4.72. The first-order valence-corrected chi connectivity index (χ1v) is 3.23. The van der Waals surface area contributed by atoms with Crippen LogP contribution in [0.1, 0.15) is 13.3 Å². The van der Waals surface area contributed by atoms with Gasteiger partial charge in [-0.15, -0.1) is 0 Å². The summed E-state index contributed by atoms with van der Waals surface area (Å²) in [7, 11) is 0. The molecule has 0 aliphatic heterocycles. The van der Waals surface area contributed by atoms with Gasteiger partial charge in [-0.1, -0.05) is 6.92 Å². The average molecular weight is 152 g/mol. The van der Waals surface area contributed by atoms with Crippen molar-refractivity contribution in [3.8, 4) is 0 Å². The molecule has 0 saturated carbocycles. The maximum Gasteiger partial charge on any atom is 0.0768 e. The van der Waals surface area contributed by atoms with Crippen LogP contribution in [0.15, 0.2) is 0 Å². The molecule has 0 spiro atoms. The molecule has 0 radical (unpaired) electrons. The molecule has 4 nitrogen and oxygen atoms in total. The van der Waals surface area contributed by atoms with Gasteiger partial charge in [0.05, 0.1) is 25.9 Å². The van der Waals surface area contributed by atoms with E-state index >= 15 is 0 Å². The molecule has 0 aliphatic rings.